The van der Waals surface area contributed by atoms with Crippen LogP contribution in [-0.2, 0) is 0 Å². The van der Waals surface area contributed by atoms with Gasteiger partial charge in [0, 0.05) is 0 Å². The lowest BCUT2D eigenvalue weighted by atomic mass is 10.2. The van der Waals surface area contributed by atoms with Crippen LogP contribution in [-0.4, -0.2) is 10.8 Å². The molecular formula is C6H13ClN2. The number of nitrogens with zero attached hydrogens (tertiary/aromatic N) is 1. The maximum absolute atomic E-state index is 5.64. The van der Waals surface area contributed by atoms with Gasteiger partial charge in [-0.15, -0.1) is 0 Å². The molecule has 0 rings (SSSR count). The number of halogens is 1. The Balaban J connectivity index is 4.01. The molecule has 0 aliphatic rings. The summed E-state index contributed by atoms with van der Waals surface area (Å²) in [6.45, 7) is 5.55. The van der Waals surface area contributed by atoms with E-state index in [1.165, 1.54) is 0 Å². The van der Waals surface area contributed by atoms with E-state index in [0.717, 1.165) is 6.42 Å². The average molecular weight is 149 g/mol. The second-order valence-corrected chi connectivity index (χ2v) is 2.87. The Morgan fingerprint density at radius 2 is 2.22 bits per heavy atom. The number of nitrogens with two attached hydrogens (primary N) is 1. The van der Waals surface area contributed by atoms with E-state index in [2.05, 4.69) is 4.99 Å². The van der Waals surface area contributed by atoms with E-state index in [-0.39, 0.29) is 0 Å². The lowest BCUT2D eigenvalue weighted by molar-refractivity contribution is 0.478. The van der Waals surface area contributed by atoms with Gasteiger partial charge in [-0.2, -0.15) is 0 Å². The summed E-state index contributed by atoms with van der Waals surface area (Å²) in [6.07, 6.45) is 0.803. The Hall–Kier alpha value is -0.0800. The first kappa shape index (κ1) is 8.92. The van der Waals surface area contributed by atoms with E-state index in [0.29, 0.717) is 5.17 Å². The Morgan fingerprint density at radius 3 is 2.33 bits per heavy atom. The molecule has 0 bridgehead atoms. The second kappa shape index (κ2) is 3.18. The van der Waals surface area contributed by atoms with Crippen molar-refractivity contribution in [3.8, 4) is 0 Å². The van der Waals surface area contributed by atoms with Crippen LogP contribution in [0.3, 0.4) is 0 Å². The number of hydrogen-bond donors (Lipinski definition) is 1. The first-order chi connectivity index (χ1) is 3.98. The highest BCUT2D eigenvalue weighted by Crippen LogP contribution is 2.07. The first-order valence-electron chi connectivity index (χ1n) is 2.99. The standard InChI is InChI=1S/C6H13ClN2/c1-4-6(3,8)9-5(2)7/h4,8H2,1-3H3/t6-/m0/s1. The molecule has 0 spiro atoms. The Morgan fingerprint density at radius 1 is 1.78 bits per heavy atom. The molecule has 0 radical (unpaired) electrons. The van der Waals surface area contributed by atoms with Crippen LogP contribution < -0.4 is 5.73 Å². The van der Waals surface area contributed by atoms with Crippen LogP contribution in [0.1, 0.15) is 27.2 Å². The summed E-state index contributed by atoms with van der Waals surface area (Å²) in [6, 6.07) is 0. The summed E-state index contributed by atoms with van der Waals surface area (Å²) in [5.74, 6) is 0. The molecule has 0 fully saturated rings. The maximum Gasteiger partial charge on any atom is 0.106 e. The number of rotatable bonds is 2. The molecule has 2 N–H and O–H groups in total. The van der Waals surface area contributed by atoms with Crippen LogP contribution in [0.5, 0.6) is 0 Å². The fourth-order valence-electron chi connectivity index (χ4n) is 0.431. The summed E-state index contributed by atoms with van der Waals surface area (Å²) in [5.41, 5.74) is 5.16. The molecule has 0 amide bonds. The van der Waals surface area contributed by atoms with Crippen LogP contribution in [0, 0.1) is 0 Å². The molecule has 3 heteroatoms. The summed E-state index contributed by atoms with van der Waals surface area (Å²) in [4.78, 5) is 3.99. The summed E-state index contributed by atoms with van der Waals surface area (Å²) >= 11 is 5.51. The number of aliphatic imine (C=N–C) groups is 1. The van der Waals surface area contributed by atoms with Gasteiger partial charge in [-0.3, -0.25) is 4.99 Å². The topological polar surface area (TPSA) is 38.4 Å². The van der Waals surface area contributed by atoms with Crippen molar-refractivity contribution in [3.63, 3.8) is 0 Å². The van der Waals surface area contributed by atoms with Crippen LogP contribution in [0.2, 0.25) is 0 Å². The van der Waals surface area contributed by atoms with E-state index in [1.807, 2.05) is 13.8 Å². The van der Waals surface area contributed by atoms with Crippen LogP contribution in [0.4, 0.5) is 0 Å². The van der Waals surface area contributed by atoms with E-state index >= 15 is 0 Å². The van der Waals surface area contributed by atoms with Gasteiger partial charge in [0.1, 0.15) is 5.66 Å². The highest BCUT2D eigenvalue weighted by atomic mass is 35.5. The minimum atomic E-state index is -0.480. The monoisotopic (exact) mass is 148 g/mol. The fourth-order valence-corrected chi connectivity index (χ4v) is 0.624. The van der Waals surface area contributed by atoms with Gasteiger partial charge in [0.05, 0.1) is 5.17 Å². The third-order valence-corrected chi connectivity index (χ3v) is 1.21. The molecule has 0 unspecified atom stereocenters. The number of hydrogen-bond acceptors (Lipinski definition) is 2. The third kappa shape index (κ3) is 4.43. The zero-order valence-electron chi connectivity index (χ0n) is 6.11. The van der Waals surface area contributed by atoms with Crippen LogP contribution >= 0.6 is 11.6 Å². The van der Waals surface area contributed by atoms with Gasteiger partial charge in [0.25, 0.3) is 0 Å². The van der Waals surface area contributed by atoms with Gasteiger partial charge in [0.2, 0.25) is 0 Å². The molecule has 0 aliphatic heterocycles. The third-order valence-electron chi connectivity index (χ3n) is 1.13. The van der Waals surface area contributed by atoms with Gasteiger partial charge in [-0.05, 0) is 20.3 Å². The minimum absolute atomic E-state index is 0.480. The molecule has 0 saturated heterocycles. The molecular weight excluding hydrogens is 136 g/mol. The maximum atomic E-state index is 5.64. The van der Waals surface area contributed by atoms with Crippen molar-refractivity contribution in [1.29, 1.82) is 0 Å². The van der Waals surface area contributed by atoms with Gasteiger partial charge in [-0.1, -0.05) is 18.5 Å². The normalized spacial score (nSPS) is 19.4. The Bertz CT molecular complexity index is 114. The fraction of sp³-hybridized carbons (Fsp3) is 0.833. The molecule has 0 aliphatic carbocycles. The molecule has 1 atom stereocenters. The average Bonchev–Trinajstić information content (AvgIpc) is 1.63. The first-order valence-corrected chi connectivity index (χ1v) is 3.36. The van der Waals surface area contributed by atoms with Gasteiger partial charge < -0.3 is 5.73 Å². The zero-order chi connectivity index (χ0) is 7.49. The van der Waals surface area contributed by atoms with E-state index in [4.69, 9.17) is 17.3 Å². The SMILES string of the molecule is CC[C@@](C)(N)N=C(C)Cl. The van der Waals surface area contributed by atoms with Crippen LogP contribution in [0.25, 0.3) is 0 Å². The largest absolute Gasteiger partial charge is 0.307 e. The smallest absolute Gasteiger partial charge is 0.106 e. The molecule has 0 saturated carbocycles. The van der Waals surface area contributed by atoms with Crippen molar-refractivity contribution >= 4 is 16.8 Å². The zero-order valence-corrected chi connectivity index (χ0v) is 6.87. The van der Waals surface area contributed by atoms with Crippen molar-refractivity contribution < 1.29 is 0 Å². The van der Waals surface area contributed by atoms with Gasteiger partial charge in [0.15, 0.2) is 0 Å². The molecule has 54 valence electrons. The van der Waals surface area contributed by atoms with Crippen molar-refractivity contribution in [2.75, 3.05) is 0 Å². The Kier molecular flexibility index (Phi) is 3.15. The van der Waals surface area contributed by atoms with Crippen LogP contribution in [0.15, 0.2) is 4.99 Å². The molecule has 2 nitrogen and oxygen atoms in total. The van der Waals surface area contributed by atoms with Gasteiger partial charge in [-0.25, -0.2) is 0 Å². The van der Waals surface area contributed by atoms with E-state index < -0.39 is 5.66 Å². The second-order valence-electron chi connectivity index (χ2n) is 2.32. The quantitative estimate of drug-likeness (QED) is 0.596. The van der Waals surface area contributed by atoms with Crippen molar-refractivity contribution in [2.24, 2.45) is 10.7 Å². The van der Waals surface area contributed by atoms with E-state index in [1.54, 1.807) is 6.92 Å². The highest BCUT2D eigenvalue weighted by Gasteiger charge is 2.11. The summed E-state index contributed by atoms with van der Waals surface area (Å²) in [7, 11) is 0. The Labute approximate surface area is 61.1 Å². The molecule has 0 heterocycles. The summed E-state index contributed by atoms with van der Waals surface area (Å²) < 4.78 is 0. The van der Waals surface area contributed by atoms with E-state index in [9.17, 15) is 0 Å². The lowest BCUT2D eigenvalue weighted by Crippen LogP contribution is -2.33. The van der Waals surface area contributed by atoms with Crippen molar-refractivity contribution in [3.05, 3.63) is 0 Å². The molecule has 9 heavy (non-hydrogen) atoms. The predicted octanol–water partition coefficient (Wildman–Crippen LogP) is 1.73. The van der Waals surface area contributed by atoms with Gasteiger partial charge >= 0.3 is 0 Å². The summed E-state index contributed by atoms with van der Waals surface area (Å²) in [5, 5.41) is 0.516. The predicted molar refractivity (Wildman–Crippen MR) is 41.8 cm³/mol. The molecule has 0 aromatic rings. The van der Waals surface area contributed by atoms with Crippen molar-refractivity contribution in [2.45, 2.75) is 32.9 Å². The highest BCUT2D eigenvalue weighted by molar-refractivity contribution is 6.64. The van der Waals surface area contributed by atoms with Crippen molar-refractivity contribution in [1.82, 2.24) is 0 Å². The molecule has 0 aromatic heterocycles. The minimum Gasteiger partial charge on any atom is -0.307 e. The molecule has 0 aromatic carbocycles. The lowest BCUT2D eigenvalue weighted by Gasteiger charge is -2.16.